The number of allylic oxidation sites excluding steroid dienone is 4. The van der Waals surface area contributed by atoms with Crippen LogP contribution in [0.5, 0.6) is 0 Å². The van der Waals surface area contributed by atoms with E-state index in [1.807, 2.05) is 0 Å². The van der Waals surface area contributed by atoms with Crippen molar-refractivity contribution in [2.45, 2.75) is 23.5 Å². The van der Waals surface area contributed by atoms with Crippen molar-refractivity contribution in [1.82, 2.24) is 4.98 Å². The first kappa shape index (κ1) is 20.2. The van der Waals surface area contributed by atoms with Gasteiger partial charge in [0.1, 0.15) is 0 Å². The molecule has 0 saturated carbocycles. The first-order valence-corrected chi connectivity index (χ1v) is 9.93. The standard InChI is InChI=1S/C19H14F5NO2S/c1-28(26,27)17-10-5-12(11-25-17)15-3-2-4-16(15)18(20,21)13-6-8-14(9-7-13)19(22,23)24/h3-11H,2H2,1H3. The molecule has 0 amide bonds. The van der Waals surface area contributed by atoms with Crippen LogP contribution in [0.15, 0.2) is 65.3 Å². The Morgan fingerprint density at radius 1 is 0.893 bits per heavy atom. The van der Waals surface area contributed by atoms with E-state index in [2.05, 4.69) is 4.98 Å². The zero-order chi connectivity index (χ0) is 20.7. The van der Waals surface area contributed by atoms with Gasteiger partial charge in [0, 0.05) is 29.2 Å². The molecule has 0 spiro atoms. The number of sulfone groups is 1. The summed E-state index contributed by atoms with van der Waals surface area (Å²) in [7, 11) is -3.53. The van der Waals surface area contributed by atoms with Crippen molar-refractivity contribution in [1.29, 1.82) is 0 Å². The molecule has 1 aromatic heterocycles. The Labute approximate surface area is 158 Å². The molecule has 28 heavy (non-hydrogen) atoms. The number of pyridine rings is 1. The van der Waals surface area contributed by atoms with Crippen molar-refractivity contribution >= 4 is 15.4 Å². The molecule has 0 bridgehead atoms. The van der Waals surface area contributed by atoms with Crippen molar-refractivity contribution in [2.24, 2.45) is 0 Å². The molecule has 0 atom stereocenters. The van der Waals surface area contributed by atoms with E-state index in [0.29, 0.717) is 17.7 Å². The van der Waals surface area contributed by atoms with Crippen molar-refractivity contribution in [2.75, 3.05) is 6.26 Å². The molecule has 1 aliphatic rings. The monoisotopic (exact) mass is 415 g/mol. The number of rotatable bonds is 4. The van der Waals surface area contributed by atoms with Crippen molar-refractivity contribution < 1.29 is 30.4 Å². The van der Waals surface area contributed by atoms with Crippen LogP contribution in [0.2, 0.25) is 0 Å². The van der Waals surface area contributed by atoms with Crippen molar-refractivity contribution in [3.05, 3.63) is 77.0 Å². The first-order chi connectivity index (χ1) is 12.9. The average Bonchev–Trinajstić information content (AvgIpc) is 3.11. The van der Waals surface area contributed by atoms with E-state index < -0.39 is 33.1 Å². The molecule has 3 rings (SSSR count). The van der Waals surface area contributed by atoms with Crippen molar-refractivity contribution in [3.63, 3.8) is 0 Å². The Morgan fingerprint density at radius 2 is 1.50 bits per heavy atom. The second kappa shape index (κ2) is 6.80. The maximum absolute atomic E-state index is 15.0. The van der Waals surface area contributed by atoms with Crippen LogP contribution in [0, 0.1) is 0 Å². The number of alkyl halides is 5. The lowest BCUT2D eigenvalue weighted by Crippen LogP contribution is -2.18. The Balaban J connectivity index is 1.93. The third-order valence-corrected chi connectivity index (χ3v) is 5.28. The Morgan fingerprint density at radius 3 is 2.00 bits per heavy atom. The summed E-state index contributed by atoms with van der Waals surface area (Å²) in [5, 5.41) is -0.185. The zero-order valence-corrected chi connectivity index (χ0v) is 15.3. The SMILES string of the molecule is CS(=O)(=O)c1ccc(C2=CCC=C2C(F)(F)c2ccc(C(F)(F)F)cc2)cn1. The summed E-state index contributed by atoms with van der Waals surface area (Å²) in [5.74, 6) is -3.53. The molecule has 9 heteroatoms. The summed E-state index contributed by atoms with van der Waals surface area (Å²) in [4.78, 5) is 3.80. The highest BCUT2D eigenvalue weighted by molar-refractivity contribution is 7.90. The molecule has 1 aromatic carbocycles. The molecule has 3 nitrogen and oxygen atoms in total. The maximum atomic E-state index is 15.0. The molecule has 0 fully saturated rings. The summed E-state index contributed by atoms with van der Waals surface area (Å²) in [6.07, 6.45) is 0.591. The molecule has 0 unspecified atom stereocenters. The molecule has 1 heterocycles. The van der Waals surface area contributed by atoms with Gasteiger partial charge < -0.3 is 0 Å². The van der Waals surface area contributed by atoms with E-state index in [9.17, 15) is 30.4 Å². The highest BCUT2D eigenvalue weighted by Gasteiger charge is 2.40. The van der Waals surface area contributed by atoms with Gasteiger partial charge in [0.05, 0.1) is 5.56 Å². The molecule has 0 radical (unpaired) electrons. The highest BCUT2D eigenvalue weighted by atomic mass is 32.2. The van der Waals surface area contributed by atoms with Crippen LogP contribution < -0.4 is 0 Å². The lowest BCUT2D eigenvalue weighted by molar-refractivity contribution is -0.137. The van der Waals surface area contributed by atoms with Crippen LogP contribution in [-0.4, -0.2) is 19.7 Å². The molecular formula is C19H14F5NO2S. The Hall–Kier alpha value is -2.55. The average molecular weight is 415 g/mol. The molecule has 1 aliphatic carbocycles. The summed E-state index contributed by atoms with van der Waals surface area (Å²) < 4.78 is 90.9. The van der Waals surface area contributed by atoms with E-state index in [1.165, 1.54) is 30.5 Å². The van der Waals surface area contributed by atoms with Crippen LogP contribution in [0.3, 0.4) is 0 Å². The molecule has 148 valence electrons. The molecular weight excluding hydrogens is 401 g/mol. The van der Waals surface area contributed by atoms with Crippen LogP contribution in [0.25, 0.3) is 5.57 Å². The minimum atomic E-state index is -4.61. The molecule has 0 saturated heterocycles. The Kier molecular flexibility index (Phi) is 4.91. The third-order valence-electron chi connectivity index (χ3n) is 4.27. The predicted octanol–water partition coefficient (Wildman–Crippen LogP) is 5.01. The van der Waals surface area contributed by atoms with E-state index in [4.69, 9.17) is 0 Å². The lowest BCUT2D eigenvalue weighted by atomic mass is 9.92. The van der Waals surface area contributed by atoms with E-state index >= 15 is 0 Å². The number of nitrogens with zero attached hydrogens (tertiary/aromatic N) is 1. The lowest BCUT2D eigenvalue weighted by Gasteiger charge is -2.21. The van der Waals surface area contributed by atoms with Gasteiger partial charge in [-0.1, -0.05) is 24.3 Å². The van der Waals surface area contributed by atoms with Gasteiger partial charge >= 0.3 is 6.18 Å². The molecule has 2 aromatic rings. The van der Waals surface area contributed by atoms with Gasteiger partial charge in [-0.2, -0.15) is 22.0 Å². The first-order valence-electron chi connectivity index (χ1n) is 8.04. The van der Waals surface area contributed by atoms with E-state index in [-0.39, 0.29) is 22.6 Å². The summed E-state index contributed by atoms with van der Waals surface area (Å²) in [5.41, 5.74) is -1.48. The summed E-state index contributed by atoms with van der Waals surface area (Å²) >= 11 is 0. The fourth-order valence-corrected chi connectivity index (χ4v) is 3.43. The van der Waals surface area contributed by atoms with Crippen LogP contribution in [-0.2, 0) is 21.9 Å². The van der Waals surface area contributed by atoms with Gasteiger partial charge in [0.25, 0.3) is 5.92 Å². The van der Waals surface area contributed by atoms with Crippen LogP contribution >= 0.6 is 0 Å². The van der Waals surface area contributed by atoms with Crippen LogP contribution in [0.4, 0.5) is 22.0 Å². The number of hydrogen-bond acceptors (Lipinski definition) is 3. The Bertz CT molecular complexity index is 1050. The van der Waals surface area contributed by atoms with Crippen molar-refractivity contribution in [3.8, 4) is 0 Å². The topological polar surface area (TPSA) is 47.0 Å². The number of halogens is 5. The highest BCUT2D eigenvalue weighted by Crippen LogP contribution is 2.46. The smallest absolute Gasteiger partial charge is 0.244 e. The van der Waals surface area contributed by atoms with E-state index in [0.717, 1.165) is 18.4 Å². The van der Waals surface area contributed by atoms with Gasteiger partial charge in [-0.15, -0.1) is 0 Å². The normalized spacial score (nSPS) is 15.4. The minimum absolute atomic E-state index is 0.164. The number of benzene rings is 1. The fourth-order valence-electron chi connectivity index (χ4n) is 2.87. The third kappa shape index (κ3) is 3.84. The van der Waals surface area contributed by atoms with Gasteiger partial charge in [-0.25, -0.2) is 13.4 Å². The van der Waals surface area contributed by atoms with Crippen LogP contribution in [0.1, 0.15) is 23.1 Å². The van der Waals surface area contributed by atoms with Gasteiger partial charge in [-0.05, 0) is 36.3 Å². The molecule has 0 N–H and O–H groups in total. The maximum Gasteiger partial charge on any atom is 0.416 e. The van der Waals surface area contributed by atoms with Gasteiger partial charge in [-0.3, -0.25) is 0 Å². The second-order valence-electron chi connectivity index (χ2n) is 6.28. The van der Waals surface area contributed by atoms with E-state index in [1.54, 1.807) is 0 Å². The largest absolute Gasteiger partial charge is 0.416 e. The zero-order valence-electron chi connectivity index (χ0n) is 14.5. The van der Waals surface area contributed by atoms with Gasteiger partial charge in [0.2, 0.25) is 0 Å². The number of aromatic nitrogens is 1. The predicted molar refractivity (Wildman–Crippen MR) is 93.4 cm³/mol. The summed E-state index contributed by atoms with van der Waals surface area (Å²) in [6.45, 7) is 0. The quantitative estimate of drug-likeness (QED) is 0.660. The molecule has 0 aliphatic heterocycles. The number of hydrogen-bond donors (Lipinski definition) is 0. The summed E-state index contributed by atoms with van der Waals surface area (Å²) in [6, 6.07) is 5.33. The fraction of sp³-hybridized carbons (Fsp3) is 0.211. The van der Waals surface area contributed by atoms with Gasteiger partial charge in [0.15, 0.2) is 14.9 Å². The second-order valence-corrected chi connectivity index (χ2v) is 8.24. The minimum Gasteiger partial charge on any atom is -0.244 e.